The highest BCUT2D eigenvalue weighted by atomic mass is 32.2. The molecule has 5 heteroatoms. The molecule has 0 spiro atoms. The van der Waals surface area contributed by atoms with Crippen LogP contribution >= 0.6 is 11.8 Å². The molecule has 0 atom stereocenters. The van der Waals surface area contributed by atoms with Gasteiger partial charge in [-0.3, -0.25) is 4.98 Å². The minimum atomic E-state index is 0.573. The Hall–Kier alpha value is -1.10. The van der Waals surface area contributed by atoms with Gasteiger partial charge in [-0.2, -0.15) is 0 Å². The number of thioether (sulfide) groups is 1. The van der Waals surface area contributed by atoms with Gasteiger partial charge in [-0.05, 0) is 12.7 Å². The number of nitrogens with zero attached hydrogens (tertiary/aromatic N) is 3. The van der Waals surface area contributed by atoms with Crippen LogP contribution in [-0.4, -0.2) is 27.1 Å². The summed E-state index contributed by atoms with van der Waals surface area (Å²) in [7, 11) is 0. The second-order valence-corrected chi connectivity index (χ2v) is 3.62. The summed E-state index contributed by atoms with van der Waals surface area (Å²) in [5.41, 5.74) is 1.48. The zero-order valence-corrected chi connectivity index (χ0v) is 8.38. The van der Waals surface area contributed by atoms with Crippen LogP contribution in [0.3, 0.4) is 0 Å². The lowest BCUT2D eigenvalue weighted by Gasteiger charge is -2.01. The largest absolute Gasteiger partial charge is 0.411 e. The van der Waals surface area contributed by atoms with Crippen molar-refractivity contribution in [3.05, 3.63) is 17.6 Å². The standard InChI is InChI=1S/C8H11N3OS/c1-3-13-8-6(2)9-4-7(11-8)5-10-12/h4-5,12H,3H2,1-2H3/b10-5+. The average molecular weight is 197 g/mol. The van der Waals surface area contributed by atoms with Crippen molar-refractivity contribution in [3.8, 4) is 0 Å². The van der Waals surface area contributed by atoms with E-state index in [1.54, 1.807) is 18.0 Å². The van der Waals surface area contributed by atoms with E-state index in [1.807, 2.05) is 6.92 Å². The van der Waals surface area contributed by atoms with Crippen LogP contribution in [0.15, 0.2) is 16.4 Å². The SMILES string of the molecule is CCSc1nc(/C=N/O)cnc1C. The minimum absolute atomic E-state index is 0.573. The maximum Gasteiger partial charge on any atom is 0.118 e. The Kier molecular flexibility index (Phi) is 3.70. The Morgan fingerprint density at radius 1 is 1.69 bits per heavy atom. The van der Waals surface area contributed by atoms with E-state index in [9.17, 15) is 0 Å². The van der Waals surface area contributed by atoms with Crippen molar-refractivity contribution in [2.24, 2.45) is 5.16 Å². The van der Waals surface area contributed by atoms with Gasteiger partial charge in [0, 0.05) is 0 Å². The molecule has 0 aromatic carbocycles. The van der Waals surface area contributed by atoms with Gasteiger partial charge in [0.05, 0.1) is 18.1 Å². The maximum atomic E-state index is 8.30. The number of aromatic nitrogens is 2. The van der Waals surface area contributed by atoms with Crippen LogP contribution in [0.5, 0.6) is 0 Å². The first kappa shape index (κ1) is 9.98. The first-order valence-corrected chi connectivity index (χ1v) is 4.90. The molecule has 1 aromatic heterocycles. The molecule has 0 bridgehead atoms. The number of hydrogen-bond acceptors (Lipinski definition) is 5. The first-order chi connectivity index (χ1) is 6.27. The summed E-state index contributed by atoms with van der Waals surface area (Å²) in [4.78, 5) is 8.37. The van der Waals surface area contributed by atoms with Gasteiger partial charge in [0.15, 0.2) is 0 Å². The molecule has 0 aliphatic carbocycles. The fourth-order valence-corrected chi connectivity index (χ4v) is 1.54. The Morgan fingerprint density at radius 2 is 2.46 bits per heavy atom. The van der Waals surface area contributed by atoms with Gasteiger partial charge in [0.25, 0.3) is 0 Å². The molecule has 4 nitrogen and oxygen atoms in total. The molecule has 0 amide bonds. The highest BCUT2D eigenvalue weighted by molar-refractivity contribution is 7.99. The van der Waals surface area contributed by atoms with Crippen molar-refractivity contribution in [2.75, 3.05) is 5.75 Å². The van der Waals surface area contributed by atoms with Crippen molar-refractivity contribution in [2.45, 2.75) is 18.9 Å². The predicted octanol–water partition coefficient (Wildman–Crippen LogP) is 1.71. The monoisotopic (exact) mass is 197 g/mol. The summed E-state index contributed by atoms with van der Waals surface area (Å²) in [6.45, 7) is 3.96. The predicted molar refractivity (Wildman–Crippen MR) is 52.5 cm³/mol. The van der Waals surface area contributed by atoms with Crippen LogP contribution < -0.4 is 0 Å². The van der Waals surface area contributed by atoms with E-state index in [2.05, 4.69) is 22.0 Å². The van der Waals surface area contributed by atoms with Crippen LogP contribution in [0.2, 0.25) is 0 Å². The van der Waals surface area contributed by atoms with Gasteiger partial charge < -0.3 is 5.21 Å². The summed E-state index contributed by atoms with van der Waals surface area (Å²) in [6.07, 6.45) is 2.85. The van der Waals surface area contributed by atoms with Gasteiger partial charge in [-0.1, -0.05) is 12.1 Å². The average Bonchev–Trinajstić information content (AvgIpc) is 2.12. The van der Waals surface area contributed by atoms with Gasteiger partial charge in [-0.25, -0.2) is 4.98 Å². The molecule has 1 aromatic rings. The Balaban J connectivity index is 2.96. The summed E-state index contributed by atoms with van der Waals surface area (Å²) < 4.78 is 0. The smallest absolute Gasteiger partial charge is 0.118 e. The van der Waals surface area contributed by atoms with Gasteiger partial charge in [-0.15, -0.1) is 11.8 Å². The number of hydrogen-bond donors (Lipinski definition) is 1. The van der Waals surface area contributed by atoms with Gasteiger partial charge >= 0.3 is 0 Å². The van der Waals surface area contributed by atoms with E-state index in [4.69, 9.17) is 5.21 Å². The summed E-state index contributed by atoms with van der Waals surface area (Å²) in [5, 5.41) is 12.1. The van der Waals surface area contributed by atoms with E-state index in [1.165, 1.54) is 6.21 Å². The quantitative estimate of drug-likeness (QED) is 0.347. The van der Waals surface area contributed by atoms with Crippen molar-refractivity contribution < 1.29 is 5.21 Å². The molecule has 0 aliphatic rings. The molecule has 1 heterocycles. The van der Waals surface area contributed by atoms with E-state index in [0.29, 0.717) is 5.69 Å². The number of oxime groups is 1. The second kappa shape index (κ2) is 4.81. The molecule has 0 saturated heterocycles. The lowest BCUT2D eigenvalue weighted by atomic mass is 10.4. The van der Waals surface area contributed by atoms with Crippen LogP contribution in [0.25, 0.3) is 0 Å². The first-order valence-electron chi connectivity index (χ1n) is 3.91. The number of rotatable bonds is 3. The molecular weight excluding hydrogens is 186 g/mol. The summed E-state index contributed by atoms with van der Waals surface area (Å²) >= 11 is 1.63. The molecule has 0 fully saturated rings. The van der Waals surface area contributed by atoms with Crippen LogP contribution in [0.1, 0.15) is 18.3 Å². The molecule has 13 heavy (non-hydrogen) atoms. The fraction of sp³-hybridized carbons (Fsp3) is 0.375. The lowest BCUT2D eigenvalue weighted by molar-refractivity contribution is 0.321. The molecule has 0 unspecified atom stereocenters. The van der Waals surface area contributed by atoms with Gasteiger partial charge in [0.2, 0.25) is 0 Å². The normalized spacial score (nSPS) is 10.9. The van der Waals surface area contributed by atoms with E-state index < -0.39 is 0 Å². The third-order valence-electron chi connectivity index (χ3n) is 1.40. The molecule has 1 rings (SSSR count). The van der Waals surface area contributed by atoms with E-state index in [0.717, 1.165) is 16.5 Å². The fourth-order valence-electron chi connectivity index (χ4n) is 0.840. The summed E-state index contributed by atoms with van der Waals surface area (Å²) in [6, 6.07) is 0. The topological polar surface area (TPSA) is 58.4 Å². The van der Waals surface area contributed by atoms with Crippen LogP contribution in [0, 0.1) is 6.92 Å². The maximum absolute atomic E-state index is 8.30. The molecule has 0 aliphatic heterocycles. The minimum Gasteiger partial charge on any atom is -0.411 e. The molecule has 0 saturated carbocycles. The van der Waals surface area contributed by atoms with Crippen LogP contribution in [0.4, 0.5) is 0 Å². The Bertz CT molecular complexity index is 314. The lowest BCUT2D eigenvalue weighted by Crippen LogP contribution is -1.96. The van der Waals surface area contributed by atoms with E-state index in [-0.39, 0.29) is 0 Å². The second-order valence-electron chi connectivity index (χ2n) is 2.36. The van der Waals surface area contributed by atoms with Crippen molar-refractivity contribution >= 4 is 18.0 Å². The summed E-state index contributed by atoms with van der Waals surface area (Å²) in [5.74, 6) is 0.954. The third kappa shape index (κ3) is 2.69. The Morgan fingerprint density at radius 3 is 3.08 bits per heavy atom. The molecular formula is C8H11N3OS. The zero-order chi connectivity index (χ0) is 9.68. The molecule has 1 N–H and O–H groups in total. The van der Waals surface area contributed by atoms with Gasteiger partial charge in [0.1, 0.15) is 10.7 Å². The Labute approximate surface area is 81.1 Å². The highest BCUT2D eigenvalue weighted by Crippen LogP contribution is 2.17. The highest BCUT2D eigenvalue weighted by Gasteiger charge is 2.01. The van der Waals surface area contributed by atoms with Crippen LogP contribution in [-0.2, 0) is 0 Å². The zero-order valence-electron chi connectivity index (χ0n) is 7.56. The van der Waals surface area contributed by atoms with Crippen molar-refractivity contribution in [1.82, 2.24) is 9.97 Å². The van der Waals surface area contributed by atoms with Crippen molar-refractivity contribution in [3.63, 3.8) is 0 Å². The molecule has 0 radical (unpaired) electrons. The number of aryl methyl sites for hydroxylation is 1. The van der Waals surface area contributed by atoms with E-state index >= 15 is 0 Å². The van der Waals surface area contributed by atoms with Crippen molar-refractivity contribution in [1.29, 1.82) is 0 Å². The molecule has 70 valence electrons. The third-order valence-corrected chi connectivity index (χ3v) is 2.35.